The number of aromatic nitrogens is 2. The van der Waals surface area contributed by atoms with Crippen LogP contribution in [0.2, 0.25) is 5.02 Å². The Bertz CT molecular complexity index is 881. The van der Waals surface area contributed by atoms with Crippen LogP contribution in [0.4, 0.5) is 0 Å². The Kier molecular flexibility index (Phi) is 7.48. The van der Waals surface area contributed by atoms with Crippen molar-refractivity contribution < 1.29 is 14.3 Å². The van der Waals surface area contributed by atoms with Crippen molar-refractivity contribution >= 4 is 17.5 Å². The predicted octanol–water partition coefficient (Wildman–Crippen LogP) is 3.08. The Balaban J connectivity index is 1.30. The van der Waals surface area contributed by atoms with E-state index in [1.54, 1.807) is 0 Å². The number of nitrogens with zero attached hydrogens (tertiary/aromatic N) is 4. The zero-order valence-corrected chi connectivity index (χ0v) is 18.9. The summed E-state index contributed by atoms with van der Waals surface area (Å²) in [6.07, 6.45) is 4.09. The summed E-state index contributed by atoms with van der Waals surface area (Å²) in [6.45, 7) is 4.88. The molecule has 1 aromatic carbocycles. The molecule has 2 saturated heterocycles. The van der Waals surface area contributed by atoms with Crippen molar-refractivity contribution in [2.24, 2.45) is 7.05 Å². The molecule has 3 heterocycles. The fourth-order valence-corrected chi connectivity index (χ4v) is 4.39. The number of ether oxygens (including phenoxy) is 2. The van der Waals surface area contributed by atoms with Crippen molar-refractivity contribution in [2.75, 3.05) is 45.9 Å². The molecular weight excluding hydrogens is 416 g/mol. The maximum Gasteiger partial charge on any atom is 0.236 e. The van der Waals surface area contributed by atoms with Gasteiger partial charge in [-0.2, -0.15) is 5.10 Å². The van der Waals surface area contributed by atoms with Gasteiger partial charge < -0.3 is 14.4 Å². The van der Waals surface area contributed by atoms with Crippen molar-refractivity contribution in [1.29, 1.82) is 0 Å². The number of benzene rings is 1. The van der Waals surface area contributed by atoms with E-state index in [-0.39, 0.29) is 12.0 Å². The highest BCUT2D eigenvalue weighted by Gasteiger charge is 2.27. The van der Waals surface area contributed by atoms with Crippen molar-refractivity contribution in [1.82, 2.24) is 19.6 Å². The largest absolute Gasteiger partial charge is 0.493 e. The molecule has 0 N–H and O–H groups in total. The monoisotopic (exact) mass is 446 g/mol. The topological polar surface area (TPSA) is 59.8 Å². The molecule has 8 heteroatoms. The van der Waals surface area contributed by atoms with Crippen LogP contribution in [0.5, 0.6) is 5.75 Å². The van der Waals surface area contributed by atoms with Gasteiger partial charge in [0, 0.05) is 50.4 Å². The molecule has 0 spiro atoms. The van der Waals surface area contributed by atoms with Gasteiger partial charge in [0.25, 0.3) is 0 Å². The molecular formula is C23H31ClN4O3. The maximum atomic E-state index is 12.6. The first-order chi connectivity index (χ1) is 15.1. The van der Waals surface area contributed by atoms with Gasteiger partial charge in [0.1, 0.15) is 11.9 Å². The van der Waals surface area contributed by atoms with Gasteiger partial charge in [0.15, 0.2) is 0 Å². The number of morpholine rings is 1. The molecule has 2 aliphatic heterocycles. The van der Waals surface area contributed by atoms with Gasteiger partial charge in [-0.05, 0) is 43.5 Å². The summed E-state index contributed by atoms with van der Waals surface area (Å²) < 4.78 is 13.7. The molecule has 7 nitrogen and oxygen atoms in total. The number of hydrogen-bond acceptors (Lipinski definition) is 5. The third-order valence-electron chi connectivity index (χ3n) is 5.97. The van der Waals surface area contributed by atoms with Crippen molar-refractivity contribution in [3.05, 3.63) is 46.7 Å². The number of carbonyl (C=O) groups is 1. The van der Waals surface area contributed by atoms with Gasteiger partial charge in [-0.25, -0.2) is 0 Å². The first-order valence-electron chi connectivity index (χ1n) is 11.1. The van der Waals surface area contributed by atoms with Gasteiger partial charge in [-0.3, -0.25) is 14.4 Å². The zero-order chi connectivity index (χ0) is 21.6. The van der Waals surface area contributed by atoms with E-state index in [1.807, 2.05) is 40.9 Å². The summed E-state index contributed by atoms with van der Waals surface area (Å²) in [5.74, 6) is 1.000. The van der Waals surface area contributed by atoms with E-state index in [1.165, 1.54) is 6.42 Å². The minimum atomic E-state index is -0.114. The van der Waals surface area contributed by atoms with E-state index in [4.69, 9.17) is 21.1 Å². The summed E-state index contributed by atoms with van der Waals surface area (Å²) in [4.78, 5) is 16.8. The number of hydrogen-bond donors (Lipinski definition) is 0. The molecule has 1 amide bonds. The third kappa shape index (κ3) is 5.99. The Morgan fingerprint density at radius 2 is 2.06 bits per heavy atom. The third-order valence-corrected chi connectivity index (χ3v) is 6.20. The summed E-state index contributed by atoms with van der Waals surface area (Å²) in [7, 11) is 1.94. The molecule has 0 unspecified atom stereocenters. The van der Waals surface area contributed by atoms with Gasteiger partial charge in [0.05, 0.1) is 25.5 Å². The minimum Gasteiger partial charge on any atom is -0.493 e. The van der Waals surface area contributed by atoms with Crippen LogP contribution >= 0.6 is 11.6 Å². The molecule has 1 atom stereocenters. The Morgan fingerprint density at radius 3 is 2.87 bits per heavy atom. The smallest absolute Gasteiger partial charge is 0.236 e. The second kappa shape index (κ2) is 10.5. The van der Waals surface area contributed by atoms with Crippen LogP contribution in [0.1, 0.15) is 36.8 Å². The van der Waals surface area contributed by atoms with Crippen LogP contribution in [-0.2, 0) is 23.0 Å². The summed E-state index contributed by atoms with van der Waals surface area (Å²) in [6, 6.07) is 9.50. The molecule has 1 aromatic heterocycles. The fourth-order valence-electron chi connectivity index (χ4n) is 4.21. The first kappa shape index (κ1) is 22.1. The number of aryl methyl sites for hydroxylation is 1. The number of piperidine rings is 1. The van der Waals surface area contributed by atoms with Crippen LogP contribution in [0.25, 0.3) is 0 Å². The number of rotatable bonds is 7. The van der Waals surface area contributed by atoms with E-state index >= 15 is 0 Å². The molecule has 2 aliphatic rings. The van der Waals surface area contributed by atoms with Gasteiger partial charge in [-0.15, -0.1) is 0 Å². The van der Waals surface area contributed by atoms with E-state index in [9.17, 15) is 4.79 Å². The predicted molar refractivity (Wildman–Crippen MR) is 119 cm³/mol. The molecule has 0 radical (unpaired) electrons. The van der Waals surface area contributed by atoms with Crippen molar-refractivity contribution in [3.8, 4) is 5.75 Å². The molecule has 2 aromatic rings. The average Bonchev–Trinajstić information content (AvgIpc) is 3.15. The molecule has 4 rings (SSSR count). The van der Waals surface area contributed by atoms with Crippen molar-refractivity contribution in [2.45, 2.75) is 31.8 Å². The highest BCUT2D eigenvalue weighted by molar-refractivity contribution is 6.30. The molecule has 168 valence electrons. The van der Waals surface area contributed by atoms with Crippen LogP contribution in [-0.4, -0.2) is 71.4 Å². The van der Waals surface area contributed by atoms with Crippen LogP contribution in [0.15, 0.2) is 30.3 Å². The lowest BCUT2D eigenvalue weighted by Crippen LogP contribution is -2.46. The molecule has 0 bridgehead atoms. The normalized spacial score (nSPS) is 20.1. The fraction of sp³-hybridized carbons (Fsp3) is 0.565. The molecule has 0 saturated carbocycles. The summed E-state index contributed by atoms with van der Waals surface area (Å²) >= 11 is 6.01. The second-order valence-corrected chi connectivity index (χ2v) is 8.71. The quantitative estimate of drug-likeness (QED) is 0.654. The highest BCUT2D eigenvalue weighted by Crippen LogP contribution is 2.23. The van der Waals surface area contributed by atoms with Gasteiger partial charge in [0.2, 0.25) is 5.91 Å². The van der Waals surface area contributed by atoms with E-state index in [2.05, 4.69) is 16.1 Å². The standard InChI is InChI=1S/C23H31ClN4O3/c1-26-19(8-12-30-20-7-5-6-18(24)14-20)15-21(25-26)22-16-27(11-13-31-22)17-23(29)28-9-3-2-4-10-28/h5-7,14-15,22H,2-4,8-13,16-17H2,1H3/t22-/m0/s1. The number of halogens is 1. The van der Waals surface area contributed by atoms with Crippen LogP contribution in [0, 0.1) is 0 Å². The Hall–Kier alpha value is -2.09. The molecule has 0 aliphatic carbocycles. The lowest BCUT2D eigenvalue weighted by atomic mass is 10.1. The Morgan fingerprint density at radius 1 is 1.23 bits per heavy atom. The first-order valence-corrected chi connectivity index (χ1v) is 11.5. The maximum absolute atomic E-state index is 12.6. The lowest BCUT2D eigenvalue weighted by Gasteiger charge is -2.34. The van der Waals surface area contributed by atoms with E-state index in [0.29, 0.717) is 31.3 Å². The Labute approximate surface area is 188 Å². The van der Waals surface area contributed by atoms with Crippen molar-refractivity contribution in [3.63, 3.8) is 0 Å². The van der Waals surface area contributed by atoms with Crippen LogP contribution < -0.4 is 4.74 Å². The summed E-state index contributed by atoms with van der Waals surface area (Å²) in [5.41, 5.74) is 2.00. The van der Waals surface area contributed by atoms with Gasteiger partial charge in [-0.1, -0.05) is 17.7 Å². The average molecular weight is 447 g/mol. The van der Waals surface area contributed by atoms with E-state index < -0.39 is 0 Å². The summed E-state index contributed by atoms with van der Waals surface area (Å²) in [5, 5.41) is 5.34. The van der Waals surface area contributed by atoms with E-state index in [0.717, 1.165) is 56.0 Å². The number of amides is 1. The second-order valence-electron chi connectivity index (χ2n) is 8.28. The zero-order valence-electron chi connectivity index (χ0n) is 18.1. The minimum absolute atomic E-state index is 0.114. The van der Waals surface area contributed by atoms with Gasteiger partial charge >= 0.3 is 0 Å². The molecule has 2 fully saturated rings. The number of likely N-dealkylation sites (tertiary alicyclic amines) is 1. The van der Waals surface area contributed by atoms with Crippen LogP contribution in [0.3, 0.4) is 0 Å². The number of carbonyl (C=O) groups excluding carboxylic acids is 1. The lowest BCUT2D eigenvalue weighted by molar-refractivity contribution is -0.135. The SMILES string of the molecule is Cn1nc([C@@H]2CN(CC(=O)N3CCCCC3)CCO2)cc1CCOc1cccc(Cl)c1. The molecule has 31 heavy (non-hydrogen) atoms. The highest BCUT2D eigenvalue weighted by atomic mass is 35.5.